The molecule has 7 nitrogen and oxygen atoms in total. The van der Waals surface area contributed by atoms with Gasteiger partial charge in [0.25, 0.3) is 5.91 Å². The van der Waals surface area contributed by atoms with E-state index >= 15 is 0 Å². The van der Waals surface area contributed by atoms with Gasteiger partial charge in [-0.3, -0.25) is 14.4 Å². The first kappa shape index (κ1) is 19.8. The molecule has 0 spiro atoms. The Bertz CT molecular complexity index is 647. The molecule has 8 heteroatoms. The van der Waals surface area contributed by atoms with E-state index in [0.29, 0.717) is 5.56 Å². The van der Waals surface area contributed by atoms with Crippen LogP contribution in [0.2, 0.25) is 0 Å². The van der Waals surface area contributed by atoms with Crippen molar-refractivity contribution >= 4 is 26.5 Å². The summed E-state index contributed by atoms with van der Waals surface area (Å²) in [4.78, 5) is 36.6. The smallest absolute Gasteiger partial charge is 0.373 e. The number of rotatable bonds is 6. The first-order valence-corrected chi connectivity index (χ1v) is 8.39. The molecule has 0 aromatic heterocycles. The van der Waals surface area contributed by atoms with Crippen molar-refractivity contribution in [1.29, 1.82) is 0 Å². The molecule has 2 amide bonds. The van der Waals surface area contributed by atoms with Gasteiger partial charge in [0, 0.05) is 18.5 Å². The van der Waals surface area contributed by atoms with E-state index in [0.717, 1.165) is 11.1 Å². The third-order valence-electron chi connectivity index (χ3n) is 3.56. The van der Waals surface area contributed by atoms with Crippen molar-refractivity contribution in [3.63, 3.8) is 0 Å². The van der Waals surface area contributed by atoms with E-state index in [9.17, 15) is 18.9 Å². The van der Waals surface area contributed by atoms with E-state index in [4.69, 9.17) is 5.73 Å². The molecule has 0 aliphatic carbocycles. The van der Waals surface area contributed by atoms with Crippen molar-refractivity contribution in [2.24, 2.45) is 5.73 Å². The van der Waals surface area contributed by atoms with Crippen LogP contribution in [0.1, 0.15) is 48.2 Å². The van der Waals surface area contributed by atoms with Crippen LogP contribution in [0.3, 0.4) is 0 Å². The first-order chi connectivity index (χ1) is 11.4. The molecule has 0 saturated heterocycles. The lowest BCUT2D eigenvalue weighted by Crippen LogP contribution is -2.45. The van der Waals surface area contributed by atoms with Gasteiger partial charge < -0.3 is 15.2 Å². The highest BCUT2D eigenvalue weighted by Crippen LogP contribution is 2.27. The van der Waals surface area contributed by atoms with Gasteiger partial charge in [-0.25, -0.2) is 4.57 Å². The summed E-state index contributed by atoms with van der Waals surface area (Å²) in [6, 6.07) is 4.52. The largest absolute Gasteiger partial charge is 0.398 e. The lowest BCUT2D eigenvalue weighted by molar-refractivity contribution is -0.134. The summed E-state index contributed by atoms with van der Waals surface area (Å²) in [6.07, 6.45) is -0.121. The van der Waals surface area contributed by atoms with E-state index in [1.165, 1.54) is 4.90 Å². The fourth-order valence-corrected chi connectivity index (χ4v) is 2.69. The SMILES string of the molecule is CC.Cc1ccc2c(c1)CN(C(CCC(=O)OP=O)C(N)=O)C2=O. The van der Waals surface area contributed by atoms with Crippen molar-refractivity contribution in [3.8, 4) is 0 Å². The monoisotopic (exact) mass is 352 g/mol. The molecule has 2 N–H and O–H groups in total. The van der Waals surface area contributed by atoms with Gasteiger partial charge in [-0.05, 0) is 25.0 Å². The third-order valence-corrected chi connectivity index (χ3v) is 3.84. The molecule has 0 fully saturated rings. The number of hydrogen-bond donors (Lipinski definition) is 1. The Labute approximate surface area is 142 Å². The van der Waals surface area contributed by atoms with Crippen molar-refractivity contribution in [1.82, 2.24) is 4.90 Å². The zero-order valence-corrected chi connectivity index (χ0v) is 14.8. The summed E-state index contributed by atoms with van der Waals surface area (Å²) in [5.74, 6) is -1.69. The van der Waals surface area contributed by atoms with E-state index < -0.39 is 26.6 Å². The van der Waals surface area contributed by atoms with E-state index in [2.05, 4.69) is 4.52 Å². The number of benzene rings is 1. The molecule has 1 aromatic rings. The maximum Gasteiger partial charge on any atom is 0.398 e. The van der Waals surface area contributed by atoms with E-state index in [-0.39, 0.29) is 25.3 Å². The van der Waals surface area contributed by atoms with Gasteiger partial charge in [-0.1, -0.05) is 31.5 Å². The van der Waals surface area contributed by atoms with Gasteiger partial charge in [-0.15, -0.1) is 0 Å². The number of carbonyl (C=O) groups excluding carboxylic acids is 3. The number of carbonyl (C=O) groups is 3. The number of amides is 2. The van der Waals surface area contributed by atoms with Gasteiger partial charge in [0.1, 0.15) is 6.04 Å². The average molecular weight is 352 g/mol. The summed E-state index contributed by atoms with van der Waals surface area (Å²) < 4.78 is 14.4. The zero-order valence-electron chi connectivity index (χ0n) is 13.9. The molecule has 2 rings (SSSR count). The minimum absolute atomic E-state index is 0.0302. The van der Waals surface area contributed by atoms with Crippen LogP contribution in [0, 0.1) is 6.92 Å². The highest BCUT2D eigenvalue weighted by Gasteiger charge is 2.35. The molecule has 0 radical (unpaired) electrons. The van der Waals surface area contributed by atoms with Crippen LogP contribution in [0.4, 0.5) is 0 Å². The van der Waals surface area contributed by atoms with Crippen molar-refractivity contribution in [2.45, 2.75) is 46.2 Å². The highest BCUT2D eigenvalue weighted by atomic mass is 31.1. The minimum Gasteiger partial charge on any atom is -0.373 e. The van der Waals surface area contributed by atoms with E-state index in [1.807, 2.05) is 32.9 Å². The van der Waals surface area contributed by atoms with Crippen molar-refractivity contribution in [2.75, 3.05) is 0 Å². The van der Waals surface area contributed by atoms with E-state index in [1.54, 1.807) is 6.07 Å². The molecule has 0 saturated carbocycles. The maximum absolute atomic E-state index is 12.4. The van der Waals surface area contributed by atoms with Gasteiger partial charge in [-0.2, -0.15) is 0 Å². The highest BCUT2D eigenvalue weighted by molar-refractivity contribution is 7.18. The summed E-state index contributed by atoms with van der Waals surface area (Å²) in [6.45, 7) is 6.19. The molecule has 1 aliphatic rings. The second-order valence-corrected chi connectivity index (χ2v) is 5.42. The first-order valence-electron chi connectivity index (χ1n) is 7.66. The Morgan fingerprint density at radius 2 is 2.04 bits per heavy atom. The lowest BCUT2D eigenvalue weighted by Gasteiger charge is -2.24. The Hall–Kier alpha value is -2.27. The predicted molar refractivity (Wildman–Crippen MR) is 88.3 cm³/mol. The Morgan fingerprint density at radius 1 is 1.38 bits per heavy atom. The molecule has 0 bridgehead atoms. The molecular formula is C16H21N2O5P. The number of hydrogen-bond acceptors (Lipinski definition) is 5. The fourth-order valence-electron chi connectivity index (χ4n) is 2.52. The van der Waals surface area contributed by atoms with Crippen LogP contribution in [-0.2, 0) is 25.2 Å². The Balaban J connectivity index is 0.00000139. The number of primary amides is 1. The molecule has 1 atom stereocenters. The number of nitrogens with two attached hydrogens (primary N) is 1. The molecule has 24 heavy (non-hydrogen) atoms. The summed E-state index contributed by atoms with van der Waals surface area (Å²) >= 11 is 0. The second-order valence-electron chi connectivity index (χ2n) is 5.09. The van der Waals surface area contributed by atoms with Crippen LogP contribution in [0.15, 0.2) is 18.2 Å². The van der Waals surface area contributed by atoms with Crippen molar-refractivity contribution < 1.29 is 23.5 Å². The number of fused-ring (bicyclic) bond motifs is 1. The Morgan fingerprint density at radius 3 is 2.62 bits per heavy atom. The minimum atomic E-state index is -0.906. The van der Waals surface area contributed by atoms with Crippen molar-refractivity contribution in [3.05, 3.63) is 34.9 Å². The number of aryl methyl sites for hydroxylation is 1. The molecule has 1 aromatic carbocycles. The van der Waals surface area contributed by atoms with Gasteiger partial charge in [0.2, 0.25) is 5.91 Å². The Kier molecular flexibility index (Phi) is 7.52. The molecule has 1 aliphatic heterocycles. The van der Waals surface area contributed by atoms with Gasteiger partial charge in [0.15, 0.2) is 0 Å². The van der Waals surface area contributed by atoms with Crippen LogP contribution >= 0.6 is 8.69 Å². The van der Waals surface area contributed by atoms with Crippen LogP contribution in [0.5, 0.6) is 0 Å². The molecule has 1 unspecified atom stereocenters. The van der Waals surface area contributed by atoms with Crippen LogP contribution in [0.25, 0.3) is 0 Å². The number of nitrogens with zero attached hydrogens (tertiary/aromatic N) is 1. The molecular weight excluding hydrogens is 331 g/mol. The average Bonchev–Trinajstić information content (AvgIpc) is 2.85. The predicted octanol–water partition coefficient (Wildman–Crippen LogP) is 2.36. The van der Waals surface area contributed by atoms with Gasteiger partial charge in [0.05, 0.1) is 0 Å². The molecule has 130 valence electrons. The quantitative estimate of drug-likeness (QED) is 0.791. The zero-order chi connectivity index (χ0) is 18.3. The normalized spacial score (nSPS) is 13.8. The summed E-state index contributed by atoms with van der Waals surface area (Å²) in [5.41, 5.74) is 7.74. The standard InChI is InChI=1S/C14H15N2O5P.C2H6/c1-8-2-3-10-9(6-8)7-16(14(10)19)11(13(15)18)4-5-12(17)21-22-20;1-2/h2-3,6,11H,4-5,7H2,1H3,(H2,15,18);1-2H3. The third kappa shape index (κ3) is 4.61. The summed E-state index contributed by atoms with van der Waals surface area (Å²) in [7, 11) is -0.744. The topological polar surface area (TPSA) is 107 Å². The summed E-state index contributed by atoms with van der Waals surface area (Å²) in [5, 5.41) is 0. The van der Waals surface area contributed by atoms with Gasteiger partial charge >= 0.3 is 14.7 Å². The molecule has 1 heterocycles. The lowest BCUT2D eigenvalue weighted by atomic mass is 10.1. The second kappa shape index (κ2) is 9.13. The van der Waals surface area contributed by atoms with Crippen LogP contribution < -0.4 is 5.73 Å². The maximum atomic E-state index is 12.4. The van der Waals surface area contributed by atoms with Crippen LogP contribution in [-0.4, -0.2) is 28.7 Å². The fraction of sp³-hybridized carbons (Fsp3) is 0.438.